The quantitative estimate of drug-likeness (QED) is 0.692. The molecule has 3 rings (SSSR count). The number of hydrogen-bond donors (Lipinski definition) is 2. The first-order chi connectivity index (χ1) is 9.22. The number of nitrogen functional groups attached to an aromatic ring is 1. The fraction of sp³-hybridized carbons (Fsp3) is 0. The molecule has 0 amide bonds. The Bertz CT molecular complexity index is 659. The Labute approximate surface area is 116 Å². The lowest BCUT2D eigenvalue weighted by Crippen LogP contribution is -1.84. The number of anilines is 1. The van der Waals surface area contributed by atoms with Crippen LogP contribution in [0.3, 0.4) is 0 Å². The highest BCUT2D eigenvalue weighted by atomic mass is 35.5. The second-order valence-corrected chi connectivity index (χ2v) is 4.74. The molecule has 2 aromatic carbocycles. The molecule has 0 bridgehead atoms. The summed E-state index contributed by atoms with van der Waals surface area (Å²) in [7, 11) is 0. The Kier molecular flexibility index (Phi) is 2.97. The van der Waals surface area contributed by atoms with Gasteiger partial charge in [0.05, 0.1) is 11.4 Å². The highest BCUT2D eigenvalue weighted by Gasteiger charge is 2.06. The van der Waals surface area contributed by atoms with Crippen molar-refractivity contribution in [2.75, 3.05) is 5.73 Å². The molecule has 0 aliphatic rings. The van der Waals surface area contributed by atoms with Crippen molar-refractivity contribution in [2.24, 2.45) is 0 Å². The van der Waals surface area contributed by atoms with Gasteiger partial charge in [0.1, 0.15) is 0 Å². The molecule has 3 nitrogen and oxygen atoms in total. The van der Waals surface area contributed by atoms with Gasteiger partial charge in [-0.05, 0) is 30.3 Å². The summed E-state index contributed by atoms with van der Waals surface area (Å²) in [4.78, 5) is 0. The second kappa shape index (κ2) is 4.78. The monoisotopic (exact) mass is 269 g/mol. The zero-order chi connectivity index (χ0) is 13.2. The Morgan fingerprint density at radius 3 is 2.53 bits per heavy atom. The maximum Gasteiger partial charge on any atom is 0.0927 e. The average molecular weight is 270 g/mol. The number of hydrogen-bond acceptors (Lipinski definition) is 2. The van der Waals surface area contributed by atoms with E-state index >= 15 is 0 Å². The molecule has 0 atom stereocenters. The smallest absolute Gasteiger partial charge is 0.0927 e. The molecule has 1 heterocycles. The summed E-state index contributed by atoms with van der Waals surface area (Å²) in [6.45, 7) is 0. The maximum absolute atomic E-state index is 5.99. The minimum Gasteiger partial charge on any atom is -0.399 e. The Morgan fingerprint density at radius 2 is 1.74 bits per heavy atom. The molecular weight excluding hydrogens is 258 g/mol. The van der Waals surface area contributed by atoms with E-state index in [0.29, 0.717) is 5.02 Å². The van der Waals surface area contributed by atoms with Gasteiger partial charge in [-0.1, -0.05) is 35.9 Å². The van der Waals surface area contributed by atoms with Gasteiger partial charge in [-0.25, -0.2) is 0 Å². The van der Waals surface area contributed by atoms with Crippen molar-refractivity contribution in [3.05, 3.63) is 59.6 Å². The number of nitrogens with two attached hydrogens (primary N) is 1. The summed E-state index contributed by atoms with van der Waals surface area (Å²) < 4.78 is 0. The van der Waals surface area contributed by atoms with Crippen LogP contribution in [-0.2, 0) is 0 Å². The van der Waals surface area contributed by atoms with Crippen molar-refractivity contribution in [3.63, 3.8) is 0 Å². The van der Waals surface area contributed by atoms with E-state index in [1.807, 2.05) is 54.6 Å². The van der Waals surface area contributed by atoms with E-state index in [9.17, 15) is 0 Å². The summed E-state index contributed by atoms with van der Waals surface area (Å²) in [5, 5.41) is 8.03. The van der Waals surface area contributed by atoms with Crippen molar-refractivity contribution in [1.29, 1.82) is 0 Å². The van der Waals surface area contributed by atoms with Crippen molar-refractivity contribution in [1.82, 2.24) is 10.2 Å². The first-order valence-electron chi connectivity index (χ1n) is 5.89. The van der Waals surface area contributed by atoms with Crippen molar-refractivity contribution < 1.29 is 0 Å². The largest absolute Gasteiger partial charge is 0.399 e. The third kappa shape index (κ3) is 2.46. The Morgan fingerprint density at radius 1 is 0.947 bits per heavy atom. The van der Waals surface area contributed by atoms with Gasteiger partial charge in [0.2, 0.25) is 0 Å². The van der Waals surface area contributed by atoms with Crippen LogP contribution in [0.5, 0.6) is 0 Å². The summed E-state index contributed by atoms with van der Waals surface area (Å²) in [5.74, 6) is 0. The number of benzene rings is 2. The molecule has 0 unspecified atom stereocenters. The standard InChI is InChI=1S/C15H12ClN3/c16-12-5-1-3-10(7-12)14-9-15(19-18-14)11-4-2-6-13(17)8-11/h1-9H,17H2,(H,18,19). The first-order valence-corrected chi connectivity index (χ1v) is 6.27. The molecular formula is C15H12ClN3. The van der Waals surface area contributed by atoms with Crippen LogP contribution in [0, 0.1) is 0 Å². The van der Waals surface area contributed by atoms with Gasteiger partial charge >= 0.3 is 0 Å². The molecule has 3 N–H and O–H groups in total. The van der Waals surface area contributed by atoms with Crippen LogP contribution in [0.25, 0.3) is 22.5 Å². The van der Waals surface area contributed by atoms with E-state index in [4.69, 9.17) is 17.3 Å². The van der Waals surface area contributed by atoms with Crippen LogP contribution in [0.1, 0.15) is 0 Å². The van der Waals surface area contributed by atoms with Crippen LogP contribution in [-0.4, -0.2) is 10.2 Å². The molecule has 0 aliphatic heterocycles. The third-order valence-electron chi connectivity index (χ3n) is 2.90. The molecule has 1 aromatic heterocycles. The Hall–Kier alpha value is -2.26. The van der Waals surface area contributed by atoms with Crippen molar-refractivity contribution in [2.45, 2.75) is 0 Å². The summed E-state index contributed by atoms with van der Waals surface area (Å²) in [5.41, 5.74) is 10.3. The van der Waals surface area contributed by atoms with Crippen LogP contribution >= 0.6 is 11.6 Å². The van der Waals surface area contributed by atoms with E-state index in [1.165, 1.54) is 0 Å². The van der Waals surface area contributed by atoms with Gasteiger partial charge in [-0.2, -0.15) is 5.10 Å². The molecule has 0 spiro atoms. The zero-order valence-electron chi connectivity index (χ0n) is 10.1. The molecule has 0 fully saturated rings. The van der Waals surface area contributed by atoms with Gasteiger partial charge < -0.3 is 5.73 Å². The minimum absolute atomic E-state index is 0.706. The average Bonchev–Trinajstić information content (AvgIpc) is 2.88. The molecule has 0 aliphatic carbocycles. The lowest BCUT2D eigenvalue weighted by Gasteiger charge is -1.98. The topological polar surface area (TPSA) is 54.7 Å². The Balaban J connectivity index is 2.00. The lowest BCUT2D eigenvalue weighted by atomic mass is 10.1. The van der Waals surface area contributed by atoms with E-state index < -0.39 is 0 Å². The summed E-state index contributed by atoms with van der Waals surface area (Å²) in [6, 6.07) is 17.3. The number of aromatic amines is 1. The maximum atomic E-state index is 5.99. The highest BCUT2D eigenvalue weighted by Crippen LogP contribution is 2.26. The van der Waals surface area contributed by atoms with Gasteiger partial charge in [0, 0.05) is 21.8 Å². The van der Waals surface area contributed by atoms with Crippen LogP contribution in [0.2, 0.25) is 5.02 Å². The van der Waals surface area contributed by atoms with Crippen LogP contribution < -0.4 is 5.73 Å². The molecule has 0 saturated heterocycles. The third-order valence-corrected chi connectivity index (χ3v) is 3.13. The number of rotatable bonds is 2. The van der Waals surface area contributed by atoms with Crippen molar-refractivity contribution >= 4 is 17.3 Å². The normalized spacial score (nSPS) is 10.6. The predicted octanol–water partition coefficient (Wildman–Crippen LogP) is 3.98. The first kappa shape index (κ1) is 11.8. The fourth-order valence-corrected chi connectivity index (χ4v) is 2.16. The second-order valence-electron chi connectivity index (χ2n) is 4.30. The van der Waals surface area contributed by atoms with Crippen LogP contribution in [0.15, 0.2) is 54.6 Å². The molecule has 0 saturated carbocycles. The number of H-pyrrole nitrogens is 1. The van der Waals surface area contributed by atoms with Crippen molar-refractivity contribution in [3.8, 4) is 22.5 Å². The summed E-state index contributed by atoms with van der Waals surface area (Å²) in [6.07, 6.45) is 0. The predicted molar refractivity (Wildman–Crippen MR) is 78.9 cm³/mol. The molecule has 94 valence electrons. The number of aromatic nitrogens is 2. The number of nitrogens with zero attached hydrogens (tertiary/aromatic N) is 1. The SMILES string of the molecule is Nc1cccc(-c2cc(-c3cccc(Cl)c3)[nH]n2)c1. The summed E-state index contributed by atoms with van der Waals surface area (Å²) >= 11 is 5.99. The minimum atomic E-state index is 0.706. The lowest BCUT2D eigenvalue weighted by molar-refractivity contribution is 1.10. The van der Waals surface area contributed by atoms with Gasteiger partial charge in [-0.15, -0.1) is 0 Å². The molecule has 19 heavy (non-hydrogen) atoms. The van der Waals surface area contributed by atoms with E-state index in [-0.39, 0.29) is 0 Å². The van der Waals surface area contributed by atoms with Crippen LogP contribution in [0.4, 0.5) is 5.69 Å². The van der Waals surface area contributed by atoms with E-state index in [0.717, 1.165) is 28.2 Å². The molecule has 4 heteroatoms. The van der Waals surface area contributed by atoms with E-state index in [1.54, 1.807) is 0 Å². The molecule has 3 aromatic rings. The van der Waals surface area contributed by atoms with Gasteiger partial charge in [0.25, 0.3) is 0 Å². The number of nitrogens with one attached hydrogen (secondary N) is 1. The number of halogens is 1. The highest BCUT2D eigenvalue weighted by molar-refractivity contribution is 6.30. The zero-order valence-corrected chi connectivity index (χ0v) is 10.9. The van der Waals surface area contributed by atoms with E-state index in [2.05, 4.69) is 10.2 Å². The molecule has 0 radical (unpaired) electrons. The fourth-order valence-electron chi connectivity index (χ4n) is 1.97. The van der Waals surface area contributed by atoms with Gasteiger partial charge in [0.15, 0.2) is 0 Å². The van der Waals surface area contributed by atoms with Gasteiger partial charge in [-0.3, -0.25) is 5.10 Å².